The van der Waals surface area contributed by atoms with Gasteiger partial charge in [0.25, 0.3) is 0 Å². The number of methoxy groups -OCH3 is 2. The van der Waals surface area contributed by atoms with E-state index < -0.39 is 0 Å². The molecule has 5 nitrogen and oxygen atoms in total. The number of ether oxygens (including phenoxy) is 2. The molecule has 0 spiro atoms. The van der Waals surface area contributed by atoms with Crippen molar-refractivity contribution in [3.63, 3.8) is 0 Å². The summed E-state index contributed by atoms with van der Waals surface area (Å²) < 4.78 is 10.6. The molecule has 0 aliphatic rings. The third kappa shape index (κ3) is 5.99. The number of benzene rings is 2. The van der Waals surface area contributed by atoms with E-state index in [0.717, 1.165) is 49.0 Å². The first-order chi connectivity index (χ1) is 12.7. The number of rotatable bonds is 8. The number of hydrogen-bond donors (Lipinski definition) is 2. The van der Waals surface area contributed by atoms with Crippen LogP contribution in [0.2, 0.25) is 0 Å². The molecule has 0 aliphatic carbocycles. The van der Waals surface area contributed by atoms with Crippen molar-refractivity contribution in [1.29, 1.82) is 0 Å². The van der Waals surface area contributed by atoms with Gasteiger partial charge in [0, 0.05) is 20.1 Å². The molecule has 0 aromatic heterocycles. The minimum Gasteiger partial charge on any atom is -0.497 e. The van der Waals surface area contributed by atoms with Crippen LogP contribution in [0.25, 0.3) is 0 Å². The van der Waals surface area contributed by atoms with Crippen molar-refractivity contribution >= 4 is 5.96 Å². The van der Waals surface area contributed by atoms with Crippen LogP contribution in [0, 0.1) is 6.92 Å². The van der Waals surface area contributed by atoms with E-state index in [2.05, 4.69) is 52.9 Å². The third-order valence-corrected chi connectivity index (χ3v) is 4.24. The van der Waals surface area contributed by atoms with E-state index in [-0.39, 0.29) is 0 Å². The summed E-state index contributed by atoms with van der Waals surface area (Å²) in [5, 5.41) is 6.70. The van der Waals surface area contributed by atoms with Crippen LogP contribution in [0.4, 0.5) is 0 Å². The Bertz CT molecular complexity index is 729. The van der Waals surface area contributed by atoms with E-state index in [1.54, 1.807) is 21.3 Å². The molecule has 5 heteroatoms. The maximum absolute atomic E-state index is 5.38. The maximum atomic E-state index is 5.38. The van der Waals surface area contributed by atoms with Crippen LogP contribution in [0.15, 0.2) is 47.5 Å². The van der Waals surface area contributed by atoms with Crippen LogP contribution >= 0.6 is 0 Å². The van der Waals surface area contributed by atoms with Crippen LogP contribution in [-0.4, -0.2) is 40.3 Å². The number of aryl methyl sites for hydroxylation is 1. The Morgan fingerprint density at radius 3 is 2.23 bits per heavy atom. The SMILES string of the molecule is CN=C(NCCc1cccc(OC)c1)NCCc1ccc(C)c(OC)c1. The van der Waals surface area contributed by atoms with Gasteiger partial charge in [0.15, 0.2) is 5.96 Å². The zero-order chi connectivity index (χ0) is 18.8. The van der Waals surface area contributed by atoms with Crippen molar-refractivity contribution in [2.45, 2.75) is 19.8 Å². The van der Waals surface area contributed by atoms with Crippen molar-refractivity contribution in [2.75, 3.05) is 34.4 Å². The lowest BCUT2D eigenvalue weighted by Gasteiger charge is -2.13. The van der Waals surface area contributed by atoms with E-state index in [9.17, 15) is 0 Å². The van der Waals surface area contributed by atoms with E-state index in [0.29, 0.717) is 0 Å². The molecular formula is C21H29N3O2. The summed E-state index contributed by atoms with van der Waals surface area (Å²) in [5.41, 5.74) is 3.63. The monoisotopic (exact) mass is 355 g/mol. The smallest absolute Gasteiger partial charge is 0.190 e. The van der Waals surface area contributed by atoms with Crippen LogP contribution in [0.1, 0.15) is 16.7 Å². The second-order valence-electron chi connectivity index (χ2n) is 6.08. The van der Waals surface area contributed by atoms with Gasteiger partial charge in [0.2, 0.25) is 0 Å². The van der Waals surface area contributed by atoms with E-state index in [4.69, 9.17) is 9.47 Å². The number of guanidine groups is 1. The molecule has 2 aromatic carbocycles. The average molecular weight is 355 g/mol. The minimum atomic E-state index is 0.811. The molecule has 2 N–H and O–H groups in total. The molecule has 0 atom stereocenters. The molecule has 26 heavy (non-hydrogen) atoms. The first kappa shape index (κ1) is 19.6. The zero-order valence-electron chi connectivity index (χ0n) is 16.1. The predicted octanol–water partition coefficient (Wildman–Crippen LogP) is 2.96. The van der Waals surface area contributed by atoms with Gasteiger partial charge in [-0.1, -0.05) is 24.3 Å². The maximum Gasteiger partial charge on any atom is 0.190 e. The molecule has 0 bridgehead atoms. The lowest BCUT2D eigenvalue weighted by Crippen LogP contribution is -2.39. The minimum absolute atomic E-state index is 0.811. The summed E-state index contributed by atoms with van der Waals surface area (Å²) in [6, 6.07) is 14.5. The van der Waals surface area contributed by atoms with Crippen molar-refractivity contribution in [2.24, 2.45) is 4.99 Å². The highest BCUT2D eigenvalue weighted by Crippen LogP contribution is 2.19. The summed E-state index contributed by atoms with van der Waals surface area (Å²) in [6.07, 6.45) is 1.82. The molecule has 140 valence electrons. The topological polar surface area (TPSA) is 54.9 Å². The fourth-order valence-electron chi connectivity index (χ4n) is 2.72. The highest BCUT2D eigenvalue weighted by molar-refractivity contribution is 5.79. The molecular weight excluding hydrogens is 326 g/mol. The molecule has 0 aliphatic heterocycles. The van der Waals surface area contributed by atoms with Gasteiger partial charge in [0.05, 0.1) is 14.2 Å². The highest BCUT2D eigenvalue weighted by Gasteiger charge is 2.02. The largest absolute Gasteiger partial charge is 0.497 e. The van der Waals surface area contributed by atoms with Crippen LogP contribution < -0.4 is 20.1 Å². The lowest BCUT2D eigenvalue weighted by molar-refractivity contribution is 0.411. The van der Waals surface area contributed by atoms with E-state index >= 15 is 0 Å². The molecule has 0 unspecified atom stereocenters. The van der Waals surface area contributed by atoms with Gasteiger partial charge >= 0.3 is 0 Å². The fraction of sp³-hybridized carbons (Fsp3) is 0.381. The standard InChI is InChI=1S/C21H29N3O2/c1-16-8-9-18(15-20(16)26-4)11-13-24-21(22-2)23-12-10-17-6-5-7-19(14-17)25-3/h5-9,14-15H,10-13H2,1-4H3,(H2,22,23,24). The molecule has 0 saturated carbocycles. The number of aliphatic imine (C=N–C) groups is 1. The molecule has 2 aromatic rings. The quantitative estimate of drug-likeness (QED) is 0.565. The van der Waals surface area contributed by atoms with E-state index in [1.165, 1.54) is 11.1 Å². The third-order valence-electron chi connectivity index (χ3n) is 4.24. The summed E-state index contributed by atoms with van der Waals surface area (Å²) in [5.74, 6) is 2.63. The molecule has 0 radical (unpaired) electrons. The molecule has 0 heterocycles. The second kappa shape index (κ2) is 10.3. The average Bonchev–Trinajstić information content (AvgIpc) is 2.68. The van der Waals surface area contributed by atoms with Gasteiger partial charge in [-0.3, -0.25) is 4.99 Å². The molecule has 0 amide bonds. The molecule has 0 saturated heterocycles. The lowest BCUT2D eigenvalue weighted by atomic mass is 10.1. The van der Waals surface area contributed by atoms with Crippen LogP contribution in [0.3, 0.4) is 0 Å². The zero-order valence-corrected chi connectivity index (χ0v) is 16.1. The Kier molecular flexibility index (Phi) is 7.80. The predicted molar refractivity (Wildman–Crippen MR) is 107 cm³/mol. The first-order valence-electron chi connectivity index (χ1n) is 8.87. The number of nitrogens with one attached hydrogen (secondary N) is 2. The Hall–Kier alpha value is -2.69. The van der Waals surface area contributed by atoms with E-state index in [1.807, 2.05) is 12.1 Å². The Balaban J connectivity index is 1.75. The first-order valence-corrected chi connectivity index (χ1v) is 8.87. The van der Waals surface area contributed by atoms with Gasteiger partial charge in [0.1, 0.15) is 11.5 Å². The fourth-order valence-corrected chi connectivity index (χ4v) is 2.72. The van der Waals surface area contributed by atoms with Crippen molar-refractivity contribution < 1.29 is 9.47 Å². The molecule has 2 rings (SSSR count). The van der Waals surface area contributed by atoms with Crippen LogP contribution in [-0.2, 0) is 12.8 Å². The van der Waals surface area contributed by atoms with Gasteiger partial charge < -0.3 is 20.1 Å². The van der Waals surface area contributed by atoms with Gasteiger partial charge in [-0.15, -0.1) is 0 Å². The molecule has 0 fully saturated rings. The summed E-state index contributed by atoms with van der Waals surface area (Å²) in [6.45, 7) is 3.67. The summed E-state index contributed by atoms with van der Waals surface area (Å²) in [7, 11) is 5.18. The highest BCUT2D eigenvalue weighted by atomic mass is 16.5. The Morgan fingerprint density at radius 2 is 1.62 bits per heavy atom. The van der Waals surface area contributed by atoms with Crippen molar-refractivity contribution in [3.05, 3.63) is 59.2 Å². The second-order valence-corrected chi connectivity index (χ2v) is 6.08. The summed E-state index contributed by atoms with van der Waals surface area (Å²) in [4.78, 5) is 4.28. The normalized spacial score (nSPS) is 11.2. The van der Waals surface area contributed by atoms with Crippen molar-refractivity contribution in [3.8, 4) is 11.5 Å². The Morgan fingerprint density at radius 1 is 0.923 bits per heavy atom. The van der Waals surface area contributed by atoms with Crippen LogP contribution in [0.5, 0.6) is 11.5 Å². The van der Waals surface area contributed by atoms with Gasteiger partial charge in [-0.2, -0.15) is 0 Å². The van der Waals surface area contributed by atoms with Gasteiger partial charge in [-0.05, 0) is 54.7 Å². The number of nitrogens with zero attached hydrogens (tertiary/aromatic N) is 1. The van der Waals surface area contributed by atoms with Gasteiger partial charge in [-0.25, -0.2) is 0 Å². The Labute approximate surface area is 156 Å². The van der Waals surface area contributed by atoms with Crippen molar-refractivity contribution in [1.82, 2.24) is 10.6 Å². The number of hydrogen-bond acceptors (Lipinski definition) is 3. The summed E-state index contributed by atoms with van der Waals surface area (Å²) >= 11 is 0.